The third-order valence-corrected chi connectivity index (χ3v) is 6.20. The number of hydrogen-bond acceptors (Lipinski definition) is 5. The van der Waals surface area contributed by atoms with Crippen LogP contribution in [0.3, 0.4) is 0 Å². The largest absolute Gasteiger partial charge is 0.470 e. The fourth-order valence-corrected chi connectivity index (χ4v) is 4.53. The highest BCUT2D eigenvalue weighted by atomic mass is 19.3. The van der Waals surface area contributed by atoms with Gasteiger partial charge in [-0.3, -0.25) is 14.5 Å². The van der Waals surface area contributed by atoms with Gasteiger partial charge in [-0.25, -0.2) is 8.78 Å². The van der Waals surface area contributed by atoms with Crippen molar-refractivity contribution in [1.82, 2.24) is 19.7 Å². The molecule has 0 unspecified atom stereocenters. The molecular formula is C23H24F2N4O2. The highest BCUT2D eigenvalue weighted by molar-refractivity contribution is 5.84. The van der Waals surface area contributed by atoms with Crippen molar-refractivity contribution < 1.29 is 18.3 Å². The van der Waals surface area contributed by atoms with Crippen LogP contribution in [0.2, 0.25) is 0 Å². The van der Waals surface area contributed by atoms with Crippen LogP contribution in [-0.2, 0) is 18.3 Å². The normalized spacial score (nSPS) is 18.0. The Labute approximate surface area is 178 Å². The number of ether oxygens (including phenoxy) is 1. The fraction of sp³-hybridized carbons (Fsp3) is 0.478. The zero-order chi connectivity index (χ0) is 21.7. The van der Waals surface area contributed by atoms with Gasteiger partial charge in [0.2, 0.25) is 5.88 Å². The fourth-order valence-electron chi connectivity index (χ4n) is 4.53. The second kappa shape index (κ2) is 7.66. The van der Waals surface area contributed by atoms with Gasteiger partial charge in [0.05, 0.1) is 11.1 Å². The molecule has 1 fully saturated rings. The minimum atomic E-state index is -2.67. The Morgan fingerprint density at radius 3 is 2.81 bits per heavy atom. The van der Waals surface area contributed by atoms with Gasteiger partial charge in [0, 0.05) is 42.4 Å². The number of ketones is 1. The molecule has 0 N–H and O–H groups in total. The maximum absolute atomic E-state index is 13.8. The van der Waals surface area contributed by atoms with E-state index in [0.717, 1.165) is 42.6 Å². The number of hydrogen-bond donors (Lipinski definition) is 0. The van der Waals surface area contributed by atoms with E-state index in [1.807, 2.05) is 19.1 Å². The predicted molar refractivity (Wildman–Crippen MR) is 111 cm³/mol. The van der Waals surface area contributed by atoms with E-state index in [4.69, 9.17) is 4.74 Å². The van der Waals surface area contributed by atoms with Crippen LogP contribution in [-0.4, -0.2) is 32.1 Å². The Hall–Kier alpha value is -2.90. The third kappa shape index (κ3) is 3.79. The number of halogens is 2. The van der Waals surface area contributed by atoms with Crippen molar-refractivity contribution in [3.8, 4) is 5.88 Å². The summed E-state index contributed by atoms with van der Waals surface area (Å²) < 4.78 is 34.7. The van der Waals surface area contributed by atoms with Crippen molar-refractivity contribution >= 4 is 16.8 Å². The highest BCUT2D eigenvalue weighted by Crippen LogP contribution is 2.44. The Morgan fingerprint density at radius 2 is 2.06 bits per heavy atom. The molecule has 3 heterocycles. The summed E-state index contributed by atoms with van der Waals surface area (Å²) in [5.74, 6) is 0.307. The second-order valence-electron chi connectivity index (χ2n) is 8.59. The van der Waals surface area contributed by atoms with Gasteiger partial charge in [0.25, 0.3) is 6.43 Å². The maximum Gasteiger partial charge on any atom is 0.264 e. The number of carbonyl (C=O) groups is 1. The molecule has 3 aromatic rings. The Kier molecular flexibility index (Phi) is 4.95. The van der Waals surface area contributed by atoms with Crippen LogP contribution in [0.4, 0.5) is 8.78 Å². The molecule has 0 aromatic carbocycles. The summed E-state index contributed by atoms with van der Waals surface area (Å²) in [6.07, 6.45) is 1.35. The van der Waals surface area contributed by atoms with Crippen LogP contribution in [0.1, 0.15) is 72.2 Å². The monoisotopic (exact) mass is 426 g/mol. The summed E-state index contributed by atoms with van der Waals surface area (Å²) in [5, 5.41) is 4.84. The van der Waals surface area contributed by atoms with Crippen molar-refractivity contribution in [1.29, 1.82) is 0 Å². The van der Waals surface area contributed by atoms with Crippen LogP contribution in [0.5, 0.6) is 5.88 Å². The number of aryl methyl sites for hydroxylation is 3. The van der Waals surface area contributed by atoms with Crippen LogP contribution >= 0.6 is 0 Å². The van der Waals surface area contributed by atoms with Gasteiger partial charge in [-0.15, -0.1) is 0 Å². The van der Waals surface area contributed by atoms with Gasteiger partial charge < -0.3 is 4.74 Å². The average molecular weight is 426 g/mol. The quantitative estimate of drug-likeness (QED) is 0.554. The lowest BCUT2D eigenvalue weighted by molar-refractivity contribution is -0.121. The van der Waals surface area contributed by atoms with Crippen molar-refractivity contribution in [2.45, 2.75) is 57.3 Å². The van der Waals surface area contributed by atoms with E-state index in [9.17, 15) is 13.6 Å². The van der Waals surface area contributed by atoms with E-state index in [0.29, 0.717) is 23.1 Å². The zero-order valence-corrected chi connectivity index (χ0v) is 17.6. The zero-order valence-electron chi connectivity index (χ0n) is 17.6. The van der Waals surface area contributed by atoms with Gasteiger partial charge in [-0.2, -0.15) is 10.1 Å². The summed E-state index contributed by atoms with van der Waals surface area (Å²) in [6.45, 7) is 1.76. The van der Waals surface area contributed by atoms with Crippen LogP contribution < -0.4 is 4.74 Å². The molecule has 8 heteroatoms. The van der Waals surface area contributed by atoms with E-state index in [-0.39, 0.29) is 35.7 Å². The van der Waals surface area contributed by atoms with Gasteiger partial charge in [-0.1, -0.05) is 6.07 Å². The molecule has 1 saturated carbocycles. The summed E-state index contributed by atoms with van der Waals surface area (Å²) in [5.41, 5.74) is 4.09. The van der Waals surface area contributed by atoms with Gasteiger partial charge in [0.1, 0.15) is 6.61 Å². The molecular weight excluding hydrogens is 402 g/mol. The standard InChI is InChI=1S/C23H24F2N4O2/c1-12-3-7-16-14(6-8-18(16)26-12)9-15(30)11-31-19-10-17(22(24)25)20-21(13-4-5-13)28-29(2)23(20)27-19/h3,7,10,13-14,22H,4-6,8-9,11H2,1-2H3/t14-/m1/s1. The molecule has 0 bridgehead atoms. The van der Waals surface area contributed by atoms with Crippen molar-refractivity contribution in [3.05, 3.63) is 46.4 Å². The first-order valence-electron chi connectivity index (χ1n) is 10.7. The first-order chi connectivity index (χ1) is 14.9. The molecule has 1 atom stereocenters. The molecule has 2 aliphatic carbocycles. The predicted octanol–water partition coefficient (Wildman–Crippen LogP) is 4.55. The van der Waals surface area contributed by atoms with Crippen molar-refractivity contribution in [2.24, 2.45) is 7.05 Å². The number of carbonyl (C=O) groups excluding carboxylic acids is 1. The summed E-state index contributed by atoms with van der Waals surface area (Å²) >= 11 is 0. The number of rotatable bonds is 7. The summed E-state index contributed by atoms with van der Waals surface area (Å²) in [4.78, 5) is 21.5. The molecule has 31 heavy (non-hydrogen) atoms. The first-order valence-corrected chi connectivity index (χ1v) is 10.7. The lowest BCUT2D eigenvalue weighted by atomic mass is 9.96. The number of Topliss-reactive ketones (excluding diaryl/α,β-unsaturated/α-hetero) is 1. The van der Waals surface area contributed by atoms with E-state index in [2.05, 4.69) is 15.1 Å². The lowest BCUT2D eigenvalue weighted by Gasteiger charge is -2.12. The molecule has 0 radical (unpaired) electrons. The number of pyridine rings is 2. The molecule has 0 saturated heterocycles. The smallest absolute Gasteiger partial charge is 0.264 e. The second-order valence-corrected chi connectivity index (χ2v) is 8.59. The van der Waals surface area contributed by atoms with E-state index in [1.165, 1.54) is 10.7 Å². The molecule has 0 amide bonds. The van der Waals surface area contributed by atoms with Crippen LogP contribution in [0.15, 0.2) is 18.2 Å². The number of nitrogens with zero attached hydrogens (tertiary/aromatic N) is 4. The minimum absolute atomic E-state index is 0.0330. The molecule has 6 nitrogen and oxygen atoms in total. The molecule has 3 aromatic heterocycles. The first kappa shape index (κ1) is 20.0. The van der Waals surface area contributed by atoms with E-state index in [1.54, 1.807) is 7.05 Å². The topological polar surface area (TPSA) is 69.9 Å². The van der Waals surface area contributed by atoms with Gasteiger partial charge in [-0.05, 0) is 50.2 Å². The van der Waals surface area contributed by atoms with Gasteiger partial charge in [0.15, 0.2) is 11.4 Å². The average Bonchev–Trinajstić information content (AvgIpc) is 3.44. The summed E-state index contributed by atoms with van der Waals surface area (Å²) in [7, 11) is 1.69. The minimum Gasteiger partial charge on any atom is -0.470 e. The van der Waals surface area contributed by atoms with Crippen molar-refractivity contribution in [2.75, 3.05) is 6.61 Å². The maximum atomic E-state index is 13.8. The van der Waals surface area contributed by atoms with Crippen LogP contribution in [0, 0.1) is 6.92 Å². The number of alkyl halides is 2. The SMILES string of the molecule is Cc1ccc2c(n1)CC[C@@H]2CC(=O)COc1cc(C(F)F)c2c(C3CC3)nn(C)c2n1. The highest BCUT2D eigenvalue weighted by Gasteiger charge is 2.32. The number of fused-ring (bicyclic) bond motifs is 2. The van der Waals surface area contributed by atoms with Crippen LogP contribution in [0.25, 0.3) is 11.0 Å². The summed E-state index contributed by atoms with van der Waals surface area (Å²) in [6, 6.07) is 5.27. The molecule has 0 aliphatic heterocycles. The lowest BCUT2D eigenvalue weighted by Crippen LogP contribution is -2.15. The molecule has 0 spiro atoms. The van der Waals surface area contributed by atoms with Crippen molar-refractivity contribution in [3.63, 3.8) is 0 Å². The Balaban J connectivity index is 1.32. The number of aromatic nitrogens is 4. The molecule has 2 aliphatic rings. The van der Waals surface area contributed by atoms with E-state index >= 15 is 0 Å². The molecule has 5 rings (SSSR count). The Bertz CT molecular complexity index is 1170. The van der Waals surface area contributed by atoms with E-state index < -0.39 is 6.43 Å². The third-order valence-electron chi connectivity index (χ3n) is 6.20. The Morgan fingerprint density at radius 1 is 1.26 bits per heavy atom. The van der Waals surface area contributed by atoms with Gasteiger partial charge >= 0.3 is 0 Å². The molecule has 162 valence electrons.